The summed E-state index contributed by atoms with van der Waals surface area (Å²) >= 11 is 0. The molecule has 0 bridgehead atoms. The van der Waals surface area contributed by atoms with E-state index in [4.69, 9.17) is 4.74 Å². The topological polar surface area (TPSA) is 24.5 Å². The van der Waals surface area contributed by atoms with Crippen LogP contribution in [-0.4, -0.2) is 49.3 Å². The lowest BCUT2D eigenvalue weighted by molar-refractivity contribution is -0.0702. The van der Waals surface area contributed by atoms with Crippen molar-refractivity contribution in [2.75, 3.05) is 26.2 Å². The molecule has 4 unspecified atom stereocenters. The summed E-state index contributed by atoms with van der Waals surface area (Å²) in [6.07, 6.45) is 2.12. The van der Waals surface area contributed by atoms with Crippen LogP contribution in [0.15, 0.2) is 0 Å². The van der Waals surface area contributed by atoms with Gasteiger partial charge in [-0.25, -0.2) is 0 Å². The predicted molar refractivity (Wildman–Crippen MR) is 62.0 cm³/mol. The lowest BCUT2D eigenvalue weighted by atomic mass is 10.0. The first kappa shape index (κ1) is 11.4. The van der Waals surface area contributed by atoms with Crippen molar-refractivity contribution in [2.45, 2.75) is 45.4 Å². The molecule has 3 heteroatoms. The molecule has 0 aromatic heterocycles. The molecule has 2 fully saturated rings. The maximum absolute atomic E-state index is 5.75. The Hall–Kier alpha value is -0.120. The van der Waals surface area contributed by atoms with Gasteiger partial charge in [0.2, 0.25) is 0 Å². The average molecular weight is 212 g/mol. The highest BCUT2D eigenvalue weighted by molar-refractivity contribution is 4.85. The van der Waals surface area contributed by atoms with Gasteiger partial charge in [0, 0.05) is 25.7 Å². The fraction of sp³-hybridized carbons (Fsp3) is 1.00. The molecule has 15 heavy (non-hydrogen) atoms. The number of rotatable bonds is 2. The first-order chi connectivity index (χ1) is 7.15. The average Bonchev–Trinajstić information content (AvgIpc) is 2.50. The van der Waals surface area contributed by atoms with Crippen LogP contribution in [0, 0.1) is 5.92 Å². The molecule has 0 spiro atoms. The van der Waals surface area contributed by atoms with Crippen molar-refractivity contribution in [3.63, 3.8) is 0 Å². The van der Waals surface area contributed by atoms with Gasteiger partial charge in [-0.15, -0.1) is 0 Å². The third-order valence-corrected chi connectivity index (χ3v) is 3.64. The van der Waals surface area contributed by atoms with Gasteiger partial charge in [0.1, 0.15) is 0 Å². The molecule has 2 rings (SSSR count). The van der Waals surface area contributed by atoms with Crippen LogP contribution in [0.4, 0.5) is 0 Å². The summed E-state index contributed by atoms with van der Waals surface area (Å²) in [7, 11) is 0. The molecule has 1 N–H and O–H groups in total. The number of ether oxygens (including phenoxy) is 1. The second kappa shape index (κ2) is 4.81. The van der Waals surface area contributed by atoms with Crippen molar-refractivity contribution in [1.29, 1.82) is 0 Å². The lowest BCUT2D eigenvalue weighted by Gasteiger charge is -2.37. The van der Waals surface area contributed by atoms with E-state index in [2.05, 4.69) is 31.0 Å². The second-order valence-corrected chi connectivity index (χ2v) is 5.30. The van der Waals surface area contributed by atoms with Crippen LogP contribution in [0.1, 0.15) is 27.2 Å². The van der Waals surface area contributed by atoms with Gasteiger partial charge < -0.3 is 10.1 Å². The summed E-state index contributed by atoms with van der Waals surface area (Å²) in [5, 5.41) is 3.60. The fourth-order valence-electron chi connectivity index (χ4n) is 2.85. The smallest absolute Gasteiger partial charge is 0.0678 e. The lowest BCUT2D eigenvalue weighted by Crippen LogP contribution is -2.50. The molecule has 88 valence electrons. The van der Waals surface area contributed by atoms with Gasteiger partial charge >= 0.3 is 0 Å². The van der Waals surface area contributed by atoms with Crippen LogP contribution in [0.3, 0.4) is 0 Å². The Kier molecular flexibility index (Phi) is 3.65. The molecule has 4 atom stereocenters. The molecule has 3 nitrogen and oxygen atoms in total. The maximum Gasteiger partial charge on any atom is 0.0678 e. The normalized spacial score (nSPS) is 43.4. The van der Waals surface area contributed by atoms with Gasteiger partial charge in [0.15, 0.2) is 0 Å². The molecule has 0 aromatic rings. The third-order valence-electron chi connectivity index (χ3n) is 3.64. The van der Waals surface area contributed by atoms with E-state index in [9.17, 15) is 0 Å². The second-order valence-electron chi connectivity index (χ2n) is 5.30. The highest BCUT2D eigenvalue weighted by atomic mass is 16.5. The Bertz CT molecular complexity index is 200. The van der Waals surface area contributed by atoms with Crippen molar-refractivity contribution in [3.8, 4) is 0 Å². The number of hydrogen-bond acceptors (Lipinski definition) is 3. The third kappa shape index (κ3) is 2.92. The van der Waals surface area contributed by atoms with E-state index in [1.807, 2.05) is 0 Å². The van der Waals surface area contributed by atoms with E-state index in [0.29, 0.717) is 18.2 Å². The zero-order valence-electron chi connectivity index (χ0n) is 10.2. The summed E-state index contributed by atoms with van der Waals surface area (Å²) in [5.41, 5.74) is 0. The monoisotopic (exact) mass is 212 g/mol. The largest absolute Gasteiger partial charge is 0.373 e. The van der Waals surface area contributed by atoms with Crippen LogP contribution < -0.4 is 5.32 Å². The van der Waals surface area contributed by atoms with Crippen molar-refractivity contribution in [2.24, 2.45) is 5.92 Å². The Morgan fingerprint density at radius 2 is 1.87 bits per heavy atom. The van der Waals surface area contributed by atoms with E-state index in [1.165, 1.54) is 19.5 Å². The van der Waals surface area contributed by atoms with Crippen LogP contribution in [0.5, 0.6) is 0 Å². The van der Waals surface area contributed by atoms with E-state index < -0.39 is 0 Å². The molecular formula is C12H24N2O. The molecule has 2 heterocycles. The number of nitrogens with one attached hydrogen (secondary N) is 1. The fourth-order valence-corrected chi connectivity index (χ4v) is 2.85. The Labute approximate surface area is 93.2 Å². The molecule has 2 aliphatic heterocycles. The molecular weight excluding hydrogens is 188 g/mol. The molecule has 0 radical (unpaired) electrons. The van der Waals surface area contributed by atoms with Crippen molar-refractivity contribution in [3.05, 3.63) is 0 Å². The van der Waals surface area contributed by atoms with Crippen LogP contribution >= 0.6 is 0 Å². The minimum atomic E-state index is 0.394. The Morgan fingerprint density at radius 1 is 1.20 bits per heavy atom. The Balaban J connectivity index is 1.83. The standard InChI is InChI=1S/C12H24N2O/c1-9-4-5-13-12(9)8-14-6-10(2)15-11(3)7-14/h9-13H,4-8H2,1-3H3. The number of hydrogen-bond donors (Lipinski definition) is 1. The highest BCUT2D eigenvalue weighted by Crippen LogP contribution is 2.18. The molecule has 0 amide bonds. The first-order valence-electron chi connectivity index (χ1n) is 6.26. The number of morpholine rings is 1. The minimum absolute atomic E-state index is 0.394. The highest BCUT2D eigenvalue weighted by Gasteiger charge is 2.28. The summed E-state index contributed by atoms with van der Waals surface area (Å²) in [6, 6.07) is 0.697. The van der Waals surface area contributed by atoms with Gasteiger partial charge in [-0.3, -0.25) is 4.90 Å². The number of nitrogens with zero attached hydrogens (tertiary/aromatic N) is 1. The van der Waals surface area contributed by atoms with E-state index in [0.717, 1.165) is 19.0 Å². The molecule has 0 aliphatic carbocycles. The SMILES string of the molecule is CC1CN(CC2NCCC2C)CC(C)O1. The van der Waals surface area contributed by atoms with Crippen LogP contribution in [0.2, 0.25) is 0 Å². The maximum atomic E-state index is 5.75. The predicted octanol–water partition coefficient (Wildman–Crippen LogP) is 1.09. The van der Waals surface area contributed by atoms with Crippen LogP contribution in [-0.2, 0) is 4.74 Å². The quantitative estimate of drug-likeness (QED) is 0.741. The van der Waals surface area contributed by atoms with Crippen molar-refractivity contribution >= 4 is 0 Å². The van der Waals surface area contributed by atoms with Gasteiger partial charge in [-0.1, -0.05) is 6.92 Å². The van der Waals surface area contributed by atoms with Crippen LogP contribution in [0.25, 0.3) is 0 Å². The minimum Gasteiger partial charge on any atom is -0.373 e. The first-order valence-corrected chi connectivity index (χ1v) is 6.26. The molecule has 2 saturated heterocycles. The van der Waals surface area contributed by atoms with Crippen molar-refractivity contribution < 1.29 is 4.74 Å². The zero-order chi connectivity index (χ0) is 10.8. The Morgan fingerprint density at radius 3 is 2.40 bits per heavy atom. The van der Waals surface area contributed by atoms with Gasteiger partial charge in [-0.2, -0.15) is 0 Å². The summed E-state index contributed by atoms with van der Waals surface area (Å²) in [4.78, 5) is 2.55. The van der Waals surface area contributed by atoms with Gasteiger partial charge in [0.05, 0.1) is 12.2 Å². The van der Waals surface area contributed by atoms with Gasteiger partial charge in [0.25, 0.3) is 0 Å². The summed E-state index contributed by atoms with van der Waals surface area (Å²) < 4.78 is 5.75. The molecule has 0 aromatic carbocycles. The van der Waals surface area contributed by atoms with Crippen molar-refractivity contribution in [1.82, 2.24) is 10.2 Å². The molecule has 2 aliphatic rings. The van der Waals surface area contributed by atoms with E-state index in [1.54, 1.807) is 0 Å². The van der Waals surface area contributed by atoms with E-state index >= 15 is 0 Å². The zero-order valence-corrected chi connectivity index (χ0v) is 10.2. The summed E-state index contributed by atoms with van der Waals surface area (Å²) in [5.74, 6) is 0.832. The molecule has 0 saturated carbocycles. The van der Waals surface area contributed by atoms with E-state index in [-0.39, 0.29) is 0 Å². The summed E-state index contributed by atoms with van der Waals surface area (Å²) in [6.45, 7) is 11.3. The van der Waals surface area contributed by atoms with Gasteiger partial charge in [-0.05, 0) is 32.7 Å².